The molecule has 2 amide bonds. The number of rotatable bonds is 5. The zero-order valence-electron chi connectivity index (χ0n) is 12.6. The van der Waals surface area contributed by atoms with Crippen molar-refractivity contribution in [3.05, 3.63) is 23.8 Å². The van der Waals surface area contributed by atoms with E-state index in [1.807, 2.05) is 18.2 Å². The second-order valence-corrected chi connectivity index (χ2v) is 5.23. The van der Waals surface area contributed by atoms with E-state index in [4.69, 9.17) is 4.74 Å². The lowest BCUT2D eigenvalue weighted by atomic mass is 10.1. The van der Waals surface area contributed by atoms with Crippen LogP contribution in [-0.4, -0.2) is 32.0 Å². The first-order valence-electron chi connectivity index (χ1n) is 7.40. The first-order chi connectivity index (χ1) is 10.1. The number of fused-ring (bicyclic) bond motifs is 1. The van der Waals surface area contributed by atoms with Gasteiger partial charge < -0.3 is 15.0 Å². The summed E-state index contributed by atoms with van der Waals surface area (Å²) >= 11 is 0. The van der Waals surface area contributed by atoms with Crippen molar-refractivity contribution in [2.75, 3.05) is 25.1 Å². The summed E-state index contributed by atoms with van der Waals surface area (Å²) in [6.07, 6.45) is 2.74. The molecule has 1 N–H and O–H groups in total. The Morgan fingerprint density at radius 1 is 1.43 bits per heavy atom. The summed E-state index contributed by atoms with van der Waals surface area (Å²) < 4.78 is 5.57. The molecule has 5 heteroatoms. The maximum absolute atomic E-state index is 11.9. The Kier molecular flexibility index (Phi) is 5.20. The van der Waals surface area contributed by atoms with Gasteiger partial charge in [-0.3, -0.25) is 9.59 Å². The van der Waals surface area contributed by atoms with Crippen LogP contribution in [0.2, 0.25) is 0 Å². The molecule has 0 spiro atoms. The van der Waals surface area contributed by atoms with E-state index in [1.165, 1.54) is 0 Å². The van der Waals surface area contributed by atoms with Crippen LogP contribution in [0, 0.1) is 0 Å². The van der Waals surface area contributed by atoms with Crippen molar-refractivity contribution in [1.82, 2.24) is 5.32 Å². The lowest BCUT2D eigenvalue weighted by Crippen LogP contribution is -2.27. The summed E-state index contributed by atoms with van der Waals surface area (Å²) in [5.74, 6) is 0.726. The third kappa shape index (κ3) is 3.97. The third-order valence-electron chi connectivity index (χ3n) is 3.55. The van der Waals surface area contributed by atoms with Crippen molar-refractivity contribution >= 4 is 17.5 Å². The number of ether oxygens (including phenoxy) is 1. The molecule has 1 aliphatic rings. The van der Waals surface area contributed by atoms with Crippen LogP contribution < -0.4 is 15.0 Å². The number of nitrogens with zero attached hydrogens (tertiary/aromatic N) is 1. The SMILES string of the molecule is CCCCNC(=O)Cc1ccc2c(c1)N(C)C(=O)CCO2. The monoisotopic (exact) mass is 290 g/mol. The molecule has 0 saturated carbocycles. The van der Waals surface area contributed by atoms with Gasteiger partial charge in [-0.25, -0.2) is 0 Å². The summed E-state index contributed by atoms with van der Waals surface area (Å²) in [5.41, 5.74) is 1.62. The largest absolute Gasteiger partial charge is 0.491 e. The summed E-state index contributed by atoms with van der Waals surface area (Å²) in [4.78, 5) is 25.3. The smallest absolute Gasteiger partial charge is 0.230 e. The van der Waals surface area contributed by atoms with Crippen LogP contribution in [0.15, 0.2) is 18.2 Å². The van der Waals surface area contributed by atoms with Crippen LogP contribution in [0.4, 0.5) is 5.69 Å². The molecular formula is C16H22N2O3. The number of hydrogen-bond acceptors (Lipinski definition) is 3. The van der Waals surface area contributed by atoms with Crippen molar-refractivity contribution < 1.29 is 14.3 Å². The highest BCUT2D eigenvalue weighted by Crippen LogP contribution is 2.31. The van der Waals surface area contributed by atoms with E-state index >= 15 is 0 Å². The molecule has 0 unspecified atom stereocenters. The van der Waals surface area contributed by atoms with Crippen LogP contribution in [0.5, 0.6) is 5.75 Å². The molecule has 0 saturated heterocycles. The Morgan fingerprint density at radius 3 is 3.00 bits per heavy atom. The molecule has 0 fully saturated rings. The van der Waals surface area contributed by atoms with Crippen molar-refractivity contribution in [3.63, 3.8) is 0 Å². The Balaban J connectivity index is 2.07. The zero-order valence-corrected chi connectivity index (χ0v) is 12.6. The van der Waals surface area contributed by atoms with Crippen molar-refractivity contribution in [3.8, 4) is 5.75 Å². The number of amides is 2. The molecule has 0 atom stereocenters. The highest BCUT2D eigenvalue weighted by Gasteiger charge is 2.20. The van der Waals surface area contributed by atoms with Crippen LogP contribution in [0.3, 0.4) is 0 Å². The maximum atomic E-state index is 11.9. The van der Waals surface area contributed by atoms with E-state index < -0.39 is 0 Å². The predicted octanol–water partition coefficient (Wildman–Crippen LogP) is 1.89. The first kappa shape index (κ1) is 15.4. The Bertz CT molecular complexity index is 528. The van der Waals surface area contributed by atoms with Crippen LogP contribution in [0.25, 0.3) is 0 Å². The number of carbonyl (C=O) groups is 2. The van der Waals surface area contributed by atoms with Gasteiger partial charge in [0.15, 0.2) is 0 Å². The van der Waals surface area contributed by atoms with Gasteiger partial charge in [-0.1, -0.05) is 19.4 Å². The summed E-state index contributed by atoms with van der Waals surface area (Å²) in [6, 6.07) is 5.57. The minimum Gasteiger partial charge on any atom is -0.491 e. The van der Waals surface area contributed by atoms with Crippen LogP contribution in [-0.2, 0) is 16.0 Å². The number of unbranched alkanes of at least 4 members (excludes halogenated alkanes) is 1. The molecule has 1 aromatic carbocycles. The van der Waals surface area contributed by atoms with Gasteiger partial charge >= 0.3 is 0 Å². The van der Waals surface area contributed by atoms with E-state index in [9.17, 15) is 9.59 Å². The van der Waals surface area contributed by atoms with Gasteiger partial charge in [-0.2, -0.15) is 0 Å². The molecule has 5 nitrogen and oxygen atoms in total. The van der Waals surface area contributed by atoms with E-state index in [0.717, 1.165) is 24.1 Å². The van der Waals surface area contributed by atoms with Gasteiger partial charge in [0.25, 0.3) is 0 Å². The van der Waals surface area contributed by atoms with Gasteiger partial charge in [-0.15, -0.1) is 0 Å². The quantitative estimate of drug-likeness (QED) is 0.843. The van der Waals surface area contributed by atoms with Crippen molar-refractivity contribution in [2.45, 2.75) is 32.6 Å². The normalized spacial score (nSPS) is 14.2. The summed E-state index contributed by atoms with van der Waals surface area (Å²) in [5, 5.41) is 2.89. The van der Waals surface area contributed by atoms with E-state index in [1.54, 1.807) is 11.9 Å². The average Bonchev–Trinajstić information content (AvgIpc) is 2.60. The fourth-order valence-electron chi connectivity index (χ4n) is 2.26. The highest BCUT2D eigenvalue weighted by molar-refractivity contribution is 5.95. The summed E-state index contributed by atoms with van der Waals surface area (Å²) in [6.45, 7) is 3.19. The minimum absolute atomic E-state index is 0.00641. The molecular weight excluding hydrogens is 268 g/mol. The Labute approximate surface area is 125 Å². The summed E-state index contributed by atoms with van der Waals surface area (Å²) in [7, 11) is 1.74. The average molecular weight is 290 g/mol. The van der Waals surface area contributed by atoms with Gasteiger partial charge in [-0.05, 0) is 24.1 Å². The van der Waals surface area contributed by atoms with Crippen LogP contribution >= 0.6 is 0 Å². The van der Waals surface area contributed by atoms with Crippen molar-refractivity contribution in [1.29, 1.82) is 0 Å². The molecule has 21 heavy (non-hydrogen) atoms. The number of anilines is 1. The Morgan fingerprint density at radius 2 is 2.24 bits per heavy atom. The lowest BCUT2D eigenvalue weighted by molar-refractivity contribution is -0.120. The molecule has 0 aromatic heterocycles. The molecule has 0 aliphatic carbocycles. The van der Waals surface area contributed by atoms with Crippen LogP contribution in [0.1, 0.15) is 31.7 Å². The number of carbonyl (C=O) groups excluding carboxylic acids is 2. The second kappa shape index (κ2) is 7.11. The highest BCUT2D eigenvalue weighted by atomic mass is 16.5. The van der Waals surface area contributed by atoms with Gasteiger partial charge in [0, 0.05) is 13.6 Å². The number of hydrogen-bond donors (Lipinski definition) is 1. The molecule has 0 radical (unpaired) electrons. The van der Waals surface area contributed by atoms with E-state index in [-0.39, 0.29) is 11.8 Å². The molecule has 2 rings (SSSR count). The molecule has 1 heterocycles. The fraction of sp³-hybridized carbons (Fsp3) is 0.500. The number of benzene rings is 1. The fourth-order valence-corrected chi connectivity index (χ4v) is 2.26. The van der Waals surface area contributed by atoms with Gasteiger partial charge in [0.2, 0.25) is 11.8 Å². The predicted molar refractivity (Wildman–Crippen MR) is 81.6 cm³/mol. The zero-order chi connectivity index (χ0) is 15.2. The molecule has 1 aromatic rings. The van der Waals surface area contributed by atoms with Crippen molar-refractivity contribution in [2.24, 2.45) is 0 Å². The second-order valence-electron chi connectivity index (χ2n) is 5.23. The Hall–Kier alpha value is -2.04. The van der Waals surface area contributed by atoms with Gasteiger partial charge in [0.1, 0.15) is 5.75 Å². The minimum atomic E-state index is 0.00641. The molecule has 0 bridgehead atoms. The molecule has 1 aliphatic heterocycles. The molecule has 114 valence electrons. The standard InChI is InChI=1S/C16H22N2O3/c1-3-4-8-17-15(19)11-12-5-6-14-13(10-12)18(2)16(20)7-9-21-14/h5-6,10H,3-4,7-9,11H2,1-2H3,(H,17,19). The number of nitrogens with one attached hydrogen (secondary N) is 1. The van der Waals surface area contributed by atoms with Gasteiger partial charge in [0.05, 0.1) is 25.1 Å². The van der Waals surface area contributed by atoms with E-state index in [2.05, 4.69) is 12.2 Å². The van der Waals surface area contributed by atoms with E-state index in [0.29, 0.717) is 31.7 Å². The first-order valence-corrected chi connectivity index (χ1v) is 7.40. The topological polar surface area (TPSA) is 58.6 Å². The maximum Gasteiger partial charge on any atom is 0.230 e. The third-order valence-corrected chi connectivity index (χ3v) is 3.55. The lowest BCUT2D eigenvalue weighted by Gasteiger charge is -2.17.